The number of phenolic OH excluding ortho intramolecular Hbond substituents is 1. The Labute approximate surface area is 139 Å². The third-order valence-corrected chi connectivity index (χ3v) is 3.16. The quantitative estimate of drug-likeness (QED) is 0.626. The highest BCUT2D eigenvalue weighted by Gasteiger charge is 2.04. The summed E-state index contributed by atoms with van der Waals surface area (Å²) in [5.74, 6) is -0.256. The number of hydrogen-bond donors (Lipinski definition) is 1. The molecule has 1 heterocycles. The molecule has 1 aromatic carbocycles. The van der Waals surface area contributed by atoms with Gasteiger partial charge in [-0.15, -0.1) is 0 Å². The van der Waals surface area contributed by atoms with Crippen molar-refractivity contribution in [1.29, 1.82) is 0 Å². The lowest BCUT2D eigenvalue weighted by Crippen LogP contribution is -2.01. The van der Waals surface area contributed by atoms with E-state index < -0.39 is 0 Å². The number of methoxy groups -OCH3 is 1. The van der Waals surface area contributed by atoms with Crippen LogP contribution in [-0.4, -0.2) is 28.8 Å². The first-order chi connectivity index (χ1) is 11.6. The summed E-state index contributed by atoms with van der Waals surface area (Å²) >= 11 is 0. The van der Waals surface area contributed by atoms with E-state index in [4.69, 9.17) is 4.74 Å². The van der Waals surface area contributed by atoms with E-state index >= 15 is 0 Å². The first-order valence-corrected chi connectivity index (χ1v) is 7.27. The summed E-state index contributed by atoms with van der Waals surface area (Å²) in [6, 6.07) is 8.36. The number of aromatic nitrogens is 1. The summed E-state index contributed by atoms with van der Waals surface area (Å²) in [5.41, 5.74) is 1.43. The average Bonchev–Trinajstić information content (AvgIpc) is 2.59. The molecule has 0 atom stereocenters. The molecule has 0 bridgehead atoms. The van der Waals surface area contributed by atoms with Crippen molar-refractivity contribution in [2.75, 3.05) is 7.11 Å². The summed E-state index contributed by atoms with van der Waals surface area (Å²) in [4.78, 5) is 27.5. The molecule has 0 aliphatic heterocycles. The number of hydrogen-bond acceptors (Lipinski definition) is 5. The Morgan fingerprint density at radius 1 is 1.12 bits per heavy atom. The number of allylic oxidation sites excluding steroid dienone is 2. The van der Waals surface area contributed by atoms with Gasteiger partial charge in [-0.05, 0) is 47.6 Å². The predicted octanol–water partition coefficient (Wildman–Crippen LogP) is 3.05. The first-order valence-electron chi connectivity index (χ1n) is 7.27. The van der Waals surface area contributed by atoms with Crippen molar-refractivity contribution in [2.24, 2.45) is 0 Å². The summed E-state index contributed by atoms with van der Waals surface area (Å²) in [6.45, 7) is 0. The van der Waals surface area contributed by atoms with Gasteiger partial charge in [-0.3, -0.25) is 14.6 Å². The maximum absolute atomic E-state index is 11.8. The van der Waals surface area contributed by atoms with Crippen LogP contribution in [0.5, 0.6) is 11.5 Å². The molecule has 0 fully saturated rings. The molecule has 0 spiro atoms. The molecule has 24 heavy (non-hydrogen) atoms. The number of benzene rings is 1. The predicted molar refractivity (Wildman–Crippen MR) is 91.6 cm³/mol. The van der Waals surface area contributed by atoms with Crippen molar-refractivity contribution in [3.05, 3.63) is 66.0 Å². The fraction of sp³-hybridized carbons (Fsp3) is 0.105. The fourth-order valence-electron chi connectivity index (χ4n) is 1.95. The van der Waals surface area contributed by atoms with Crippen LogP contribution in [0, 0.1) is 0 Å². The second-order valence-corrected chi connectivity index (χ2v) is 4.99. The van der Waals surface area contributed by atoms with Crippen molar-refractivity contribution in [3.63, 3.8) is 0 Å². The van der Waals surface area contributed by atoms with Crippen molar-refractivity contribution in [2.45, 2.75) is 6.42 Å². The zero-order valence-electron chi connectivity index (χ0n) is 13.2. The van der Waals surface area contributed by atoms with Gasteiger partial charge in [-0.1, -0.05) is 18.2 Å². The van der Waals surface area contributed by atoms with Crippen LogP contribution in [0.4, 0.5) is 0 Å². The molecule has 2 rings (SSSR count). The Hall–Kier alpha value is -3.21. The smallest absolute Gasteiger partial charge is 0.163 e. The molecule has 0 aliphatic rings. The normalized spacial score (nSPS) is 11.0. The van der Waals surface area contributed by atoms with Gasteiger partial charge in [0.15, 0.2) is 23.1 Å². The Morgan fingerprint density at radius 2 is 1.83 bits per heavy atom. The van der Waals surface area contributed by atoms with Crippen LogP contribution in [0.25, 0.3) is 12.2 Å². The van der Waals surface area contributed by atoms with Gasteiger partial charge in [0.2, 0.25) is 0 Å². The molecule has 5 heteroatoms. The number of aromatic hydroxyl groups is 1. The molecule has 122 valence electrons. The van der Waals surface area contributed by atoms with E-state index in [0.717, 1.165) is 5.56 Å². The minimum atomic E-state index is -0.314. The number of pyridine rings is 1. The Kier molecular flexibility index (Phi) is 6.02. The van der Waals surface area contributed by atoms with Crippen LogP contribution >= 0.6 is 0 Å². The van der Waals surface area contributed by atoms with Gasteiger partial charge in [-0.25, -0.2) is 0 Å². The molecule has 0 saturated carbocycles. The summed E-state index contributed by atoms with van der Waals surface area (Å²) in [6.07, 6.45) is 8.90. The molecule has 2 aromatic rings. The van der Waals surface area contributed by atoms with Crippen molar-refractivity contribution < 1.29 is 19.4 Å². The van der Waals surface area contributed by atoms with E-state index in [2.05, 4.69) is 4.98 Å². The van der Waals surface area contributed by atoms with Gasteiger partial charge in [0.05, 0.1) is 13.5 Å². The standard InChI is InChI=1S/C19H17NO4/c1-24-19-9-6-14(11-18(19)23)4-7-16(21)12-17(22)8-5-15-3-2-10-20-13-15/h2-11,13,23H,12H2,1H3. The van der Waals surface area contributed by atoms with Crippen LogP contribution in [0.2, 0.25) is 0 Å². The zero-order chi connectivity index (χ0) is 17.4. The van der Waals surface area contributed by atoms with Gasteiger partial charge in [0.25, 0.3) is 0 Å². The Balaban J connectivity index is 1.91. The largest absolute Gasteiger partial charge is 0.504 e. The molecule has 0 saturated heterocycles. The highest BCUT2D eigenvalue weighted by Crippen LogP contribution is 2.26. The third-order valence-electron chi connectivity index (χ3n) is 3.16. The van der Waals surface area contributed by atoms with E-state index in [1.54, 1.807) is 42.7 Å². The molecular weight excluding hydrogens is 306 g/mol. The lowest BCUT2D eigenvalue weighted by molar-refractivity contribution is -0.121. The van der Waals surface area contributed by atoms with Crippen LogP contribution < -0.4 is 4.74 Å². The maximum atomic E-state index is 11.8. The highest BCUT2D eigenvalue weighted by molar-refractivity contribution is 6.10. The van der Waals surface area contributed by atoms with Crippen LogP contribution in [-0.2, 0) is 9.59 Å². The number of carbonyl (C=O) groups is 2. The Bertz CT molecular complexity index is 779. The van der Waals surface area contributed by atoms with Gasteiger partial charge in [0.1, 0.15) is 0 Å². The van der Waals surface area contributed by atoms with E-state index in [1.807, 2.05) is 6.07 Å². The highest BCUT2D eigenvalue weighted by atomic mass is 16.5. The number of nitrogens with zero attached hydrogens (tertiary/aromatic N) is 1. The van der Waals surface area contributed by atoms with E-state index in [1.165, 1.54) is 25.3 Å². The van der Waals surface area contributed by atoms with Crippen LogP contribution in [0.15, 0.2) is 54.9 Å². The number of phenols is 1. The van der Waals surface area contributed by atoms with E-state index in [9.17, 15) is 14.7 Å². The zero-order valence-corrected chi connectivity index (χ0v) is 13.2. The summed E-state index contributed by atoms with van der Waals surface area (Å²) < 4.78 is 4.94. The van der Waals surface area contributed by atoms with E-state index in [0.29, 0.717) is 11.3 Å². The lowest BCUT2D eigenvalue weighted by atomic mass is 10.1. The summed E-state index contributed by atoms with van der Waals surface area (Å²) in [5, 5.41) is 9.67. The molecule has 1 N–H and O–H groups in total. The van der Waals surface area contributed by atoms with Crippen molar-refractivity contribution in [3.8, 4) is 11.5 Å². The van der Waals surface area contributed by atoms with Gasteiger partial charge in [0, 0.05) is 12.4 Å². The molecular formula is C19H17NO4. The summed E-state index contributed by atoms with van der Waals surface area (Å²) in [7, 11) is 1.46. The minimum absolute atomic E-state index is 0.0115. The lowest BCUT2D eigenvalue weighted by Gasteiger charge is -2.03. The van der Waals surface area contributed by atoms with Gasteiger partial charge < -0.3 is 9.84 Å². The molecule has 5 nitrogen and oxygen atoms in total. The Morgan fingerprint density at radius 3 is 2.42 bits per heavy atom. The average molecular weight is 323 g/mol. The number of ether oxygens (including phenoxy) is 1. The molecule has 0 radical (unpaired) electrons. The second kappa shape index (κ2) is 8.43. The molecule has 0 amide bonds. The third kappa shape index (κ3) is 5.21. The van der Waals surface area contributed by atoms with Crippen molar-refractivity contribution >= 4 is 23.7 Å². The van der Waals surface area contributed by atoms with Crippen LogP contribution in [0.3, 0.4) is 0 Å². The van der Waals surface area contributed by atoms with Gasteiger partial charge in [-0.2, -0.15) is 0 Å². The molecule has 0 unspecified atom stereocenters. The monoisotopic (exact) mass is 323 g/mol. The number of ketones is 2. The van der Waals surface area contributed by atoms with Crippen molar-refractivity contribution in [1.82, 2.24) is 4.98 Å². The molecule has 0 aliphatic carbocycles. The second-order valence-electron chi connectivity index (χ2n) is 4.99. The van der Waals surface area contributed by atoms with E-state index in [-0.39, 0.29) is 23.7 Å². The fourth-order valence-corrected chi connectivity index (χ4v) is 1.95. The number of carbonyl (C=O) groups excluding carboxylic acids is 2. The minimum Gasteiger partial charge on any atom is -0.504 e. The topological polar surface area (TPSA) is 76.5 Å². The van der Waals surface area contributed by atoms with Crippen LogP contribution in [0.1, 0.15) is 17.5 Å². The maximum Gasteiger partial charge on any atom is 0.163 e. The SMILES string of the molecule is COc1ccc(C=CC(=O)CC(=O)C=Cc2cccnc2)cc1O. The first kappa shape index (κ1) is 17.1. The number of rotatable bonds is 7. The van der Waals surface area contributed by atoms with Gasteiger partial charge >= 0.3 is 0 Å². The molecule has 1 aromatic heterocycles.